The summed E-state index contributed by atoms with van der Waals surface area (Å²) in [5.41, 5.74) is 6.11. The Balaban J connectivity index is 1.56. The molecule has 1 saturated heterocycles. The molecule has 1 fully saturated rings. The van der Waals surface area contributed by atoms with E-state index in [4.69, 9.17) is 10.2 Å². The standard InChI is InChI=1S/C18H24N4O2/c1-18(2,19)17(23)22-10-8-21(9-11-22)13-16-20-12-15(24-16)14-6-4-3-5-7-14/h3-7,12H,8-11,13,19H2,1-2H3. The zero-order valence-corrected chi connectivity index (χ0v) is 14.2. The van der Waals surface area contributed by atoms with Crippen LogP contribution in [-0.4, -0.2) is 52.4 Å². The van der Waals surface area contributed by atoms with E-state index in [9.17, 15) is 4.79 Å². The summed E-state index contributed by atoms with van der Waals surface area (Å²) in [6.07, 6.45) is 1.77. The summed E-state index contributed by atoms with van der Waals surface area (Å²) in [6.45, 7) is 7.12. The van der Waals surface area contributed by atoms with Crippen molar-refractivity contribution in [3.63, 3.8) is 0 Å². The molecule has 0 atom stereocenters. The van der Waals surface area contributed by atoms with Crippen molar-refractivity contribution >= 4 is 5.91 Å². The lowest BCUT2D eigenvalue weighted by atomic mass is 10.0. The number of amides is 1. The number of rotatable bonds is 4. The maximum atomic E-state index is 12.2. The van der Waals surface area contributed by atoms with Gasteiger partial charge >= 0.3 is 0 Å². The molecular formula is C18H24N4O2. The topological polar surface area (TPSA) is 75.6 Å². The van der Waals surface area contributed by atoms with E-state index in [0.29, 0.717) is 25.5 Å². The lowest BCUT2D eigenvalue weighted by molar-refractivity contribution is -0.137. The average Bonchev–Trinajstić information content (AvgIpc) is 3.03. The Morgan fingerprint density at radius 1 is 1.21 bits per heavy atom. The summed E-state index contributed by atoms with van der Waals surface area (Å²) >= 11 is 0. The molecule has 1 aromatic carbocycles. The van der Waals surface area contributed by atoms with Crippen molar-refractivity contribution < 1.29 is 9.21 Å². The van der Waals surface area contributed by atoms with Gasteiger partial charge in [-0.3, -0.25) is 9.69 Å². The van der Waals surface area contributed by atoms with Gasteiger partial charge in [-0.2, -0.15) is 0 Å². The van der Waals surface area contributed by atoms with Crippen LogP contribution in [0, 0.1) is 0 Å². The van der Waals surface area contributed by atoms with E-state index < -0.39 is 5.54 Å². The molecule has 3 rings (SSSR count). The van der Waals surface area contributed by atoms with Crippen molar-refractivity contribution in [1.29, 1.82) is 0 Å². The van der Waals surface area contributed by atoms with Crippen LogP contribution >= 0.6 is 0 Å². The van der Waals surface area contributed by atoms with Crippen molar-refractivity contribution in [2.75, 3.05) is 26.2 Å². The summed E-state index contributed by atoms with van der Waals surface area (Å²) in [7, 11) is 0. The molecule has 0 aliphatic carbocycles. The molecule has 0 spiro atoms. The first kappa shape index (κ1) is 16.7. The Morgan fingerprint density at radius 3 is 2.50 bits per heavy atom. The quantitative estimate of drug-likeness (QED) is 0.925. The second-order valence-electron chi connectivity index (χ2n) is 6.77. The third-order valence-electron chi connectivity index (χ3n) is 4.18. The minimum Gasteiger partial charge on any atom is -0.439 e. The SMILES string of the molecule is CC(C)(N)C(=O)N1CCN(Cc2ncc(-c3ccccc3)o2)CC1. The van der Waals surface area contributed by atoms with Gasteiger partial charge in [0.05, 0.1) is 18.3 Å². The number of carbonyl (C=O) groups is 1. The van der Waals surface area contributed by atoms with Gasteiger partial charge in [-0.05, 0) is 13.8 Å². The van der Waals surface area contributed by atoms with Gasteiger partial charge in [0.25, 0.3) is 0 Å². The highest BCUT2D eigenvalue weighted by atomic mass is 16.4. The Labute approximate surface area is 142 Å². The zero-order valence-electron chi connectivity index (χ0n) is 14.2. The predicted octanol–water partition coefficient (Wildman–Crippen LogP) is 1.72. The maximum Gasteiger partial charge on any atom is 0.242 e. The minimum absolute atomic E-state index is 0.00429. The van der Waals surface area contributed by atoms with Crippen LogP contribution in [0.4, 0.5) is 0 Å². The molecule has 0 unspecified atom stereocenters. The first-order chi connectivity index (χ1) is 11.4. The Bertz CT molecular complexity index is 683. The number of carbonyl (C=O) groups excluding carboxylic acids is 1. The largest absolute Gasteiger partial charge is 0.439 e. The highest BCUT2D eigenvalue weighted by Gasteiger charge is 2.30. The molecule has 6 nitrogen and oxygen atoms in total. The van der Waals surface area contributed by atoms with Crippen LogP contribution < -0.4 is 5.73 Å². The summed E-state index contributed by atoms with van der Waals surface area (Å²) in [4.78, 5) is 20.6. The second-order valence-corrected chi connectivity index (χ2v) is 6.77. The Kier molecular flexibility index (Phi) is 4.69. The smallest absolute Gasteiger partial charge is 0.242 e. The van der Waals surface area contributed by atoms with Crippen LogP contribution in [0.2, 0.25) is 0 Å². The molecule has 1 aromatic heterocycles. The number of nitrogens with zero attached hydrogens (tertiary/aromatic N) is 3. The fourth-order valence-electron chi connectivity index (χ4n) is 2.83. The highest BCUT2D eigenvalue weighted by molar-refractivity contribution is 5.85. The first-order valence-electron chi connectivity index (χ1n) is 8.24. The normalized spacial score (nSPS) is 16.4. The van der Waals surface area contributed by atoms with Gasteiger partial charge in [-0.15, -0.1) is 0 Å². The van der Waals surface area contributed by atoms with Gasteiger partial charge in [0.15, 0.2) is 5.76 Å². The fourth-order valence-corrected chi connectivity index (χ4v) is 2.83. The highest BCUT2D eigenvalue weighted by Crippen LogP contribution is 2.20. The van der Waals surface area contributed by atoms with E-state index in [1.54, 1.807) is 20.0 Å². The van der Waals surface area contributed by atoms with Crippen LogP contribution in [0.3, 0.4) is 0 Å². The molecule has 2 aromatic rings. The summed E-state index contributed by atoms with van der Waals surface area (Å²) in [6, 6.07) is 9.94. The number of piperazine rings is 1. The van der Waals surface area contributed by atoms with Crippen LogP contribution in [-0.2, 0) is 11.3 Å². The molecule has 6 heteroatoms. The van der Waals surface area contributed by atoms with E-state index in [1.165, 1.54) is 0 Å². The Morgan fingerprint density at radius 2 is 1.88 bits per heavy atom. The molecule has 0 saturated carbocycles. The molecule has 0 radical (unpaired) electrons. The lowest BCUT2D eigenvalue weighted by Gasteiger charge is -2.37. The van der Waals surface area contributed by atoms with Crippen molar-refractivity contribution in [1.82, 2.24) is 14.8 Å². The molecule has 1 aliphatic rings. The van der Waals surface area contributed by atoms with Gasteiger partial charge in [-0.1, -0.05) is 30.3 Å². The molecular weight excluding hydrogens is 304 g/mol. The van der Waals surface area contributed by atoms with Gasteiger partial charge in [0.2, 0.25) is 11.8 Å². The number of hydrogen-bond donors (Lipinski definition) is 1. The summed E-state index contributed by atoms with van der Waals surface area (Å²) < 4.78 is 5.85. The average molecular weight is 328 g/mol. The monoisotopic (exact) mass is 328 g/mol. The fraction of sp³-hybridized carbons (Fsp3) is 0.444. The number of oxazole rings is 1. The van der Waals surface area contributed by atoms with Crippen molar-refractivity contribution in [2.24, 2.45) is 5.73 Å². The van der Waals surface area contributed by atoms with Gasteiger partial charge in [-0.25, -0.2) is 4.98 Å². The number of aromatic nitrogens is 1. The second kappa shape index (κ2) is 6.75. The van der Waals surface area contributed by atoms with E-state index in [2.05, 4.69) is 9.88 Å². The van der Waals surface area contributed by atoms with Gasteiger partial charge in [0.1, 0.15) is 0 Å². The molecule has 128 valence electrons. The van der Waals surface area contributed by atoms with E-state index >= 15 is 0 Å². The van der Waals surface area contributed by atoms with Crippen LogP contribution in [0.25, 0.3) is 11.3 Å². The summed E-state index contributed by atoms with van der Waals surface area (Å²) in [5.74, 6) is 1.49. The number of hydrogen-bond acceptors (Lipinski definition) is 5. The van der Waals surface area contributed by atoms with Crippen molar-refractivity contribution in [3.05, 3.63) is 42.4 Å². The van der Waals surface area contributed by atoms with Gasteiger partial charge in [0, 0.05) is 31.7 Å². The van der Waals surface area contributed by atoms with Crippen LogP contribution in [0.5, 0.6) is 0 Å². The number of nitrogens with two attached hydrogens (primary N) is 1. The van der Waals surface area contributed by atoms with Crippen LogP contribution in [0.15, 0.2) is 40.9 Å². The first-order valence-corrected chi connectivity index (χ1v) is 8.24. The van der Waals surface area contributed by atoms with Crippen LogP contribution in [0.1, 0.15) is 19.7 Å². The molecule has 1 amide bonds. The van der Waals surface area contributed by atoms with Crippen molar-refractivity contribution in [2.45, 2.75) is 25.9 Å². The van der Waals surface area contributed by atoms with E-state index in [1.807, 2.05) is 35.2 Å². The molecule has 24 heavy (non-hydrogen) atoms. The van der Waals surface area contributed by atoms with Crippen molar-refractivity contribution in [3.8, 4) is 11.3 Å². The lowest BCUT2D eigenvalue weighted by Crippen LogP contribution is -2.56. The minimum atomic E-state index is -0.810. The molecule has 1 aliphatic heterocycles. The maximum absolute atomic E-state index is 12.2. The number of benzene rings is 1. The molecule has 0 bridgehead atoms. The predicted molar refractivity (Wildman–Crippen MR) is 92.1 cm³/mol. The third-order valence-corrected chi connectivity index (χ3v) is 4.18. The van der Waals surface area contributed by atoms with E-state index in [-0.39, 0.29) is 5.91 Å². The van der Waals surface area contributed by atoms with E-state index in [0.717, 1.165) is 24.4 Å². The Hall–Kier alpha value is -2.18. The third kappa shape index (κ3) is 3.83. The van der Waals surface area contributed by atoms with Gasteiger partial charge < -0.3 is 15.1 Å². The summed E-state index contributed by atoms with van der Waals surface area (Å²) in [5, 5.41) is 0. The molecule has 2 heterocycles. The molecule has 2 N–H and O–H groups in total. The zero-order chi connectivity index (χ0) is 17.2.